The molecular weight excluding hydrogens is 346 g/mol. The molecule has 0 spiro atoms. The van der Waals surface area contributed by atoms with Crippen LogP contribution in [0.25, 0.3) is 0 Å². The molecule has 0 heterocycles. The molecule has 136 valence electrons. The fraction of sp³-hybridized carbons (Fsp3) is 0.167. The molecule has 0 aromatic heterocycles. The van der Waals surface area contributed by atoms with Gasteiger partial charge in [-0.25, -0.2) is 13.6 Å². The summed E-state index contributed by atoms with van der Waals surface area (Å²) >= 11 is 0. The molecule has 0 aliphatic rings. The second kappa shape index (κ2) is 8.19. The average molecular weight is 362 g/mol. The van der Waals surface area contributed by atoms with E-state index in [-0.39, 0.29) is 12.0 Å². The van der Waals surface area contributed by atoms with E-state index >= 15 is 0 Å². The lowest BCUT2D eigenvalue weighted by atomic mass is 10.0. The molecule has 1 atom stereocenters. The average Bonchev–Trinajstić information content (AvgIpc) is 2.58. The Hall–Kier alpha value is -3.29. The summed E-state index contributed by atoms with van der Waals surface area (Å²) in [7, 11) is 0. The highest BCUT2D eigenvalue weighted by Crippen LogP contribution is 2.13. The number of aromatic carboxylic acids is 1. The number of hydrogen-bond acceptors (Lipinski definition) is 3. The Labute approximate surface area is 147 Å². The van der Waals surface area contributed by atoms with Crippen molar-refractivity contribution in [2.24, 2.45) is 5.73 Å². The third-order valence-corrected chi connectivity index (χ3v) is 3.72. The van der Waals surface area contributed by atoms with E-state index in [1.54, 1.807) is 0 Å². The van der Waals surface area contributed by atoms with Gasteiger partial charge < -0.3 is 16.2 Å². The molecule has 8 heteroatoms. The quantitative estimate of drug-likeness (QED) is 0.692. The third kappa shape index (κ3) is 4.85. The van der Waals surface area contributed by atoms with Crippen LogP contribution in [0.4, 0.5) is 8.78 Å². The molecular formula is C18H16F2N2O4. The van der Waals surface area contributed by atoms with Crippen LogP contribution in [0.3, 0.4) is 0 Å². The van der Waals surface area contributed by atoms with Crippen molar-refractivity contribution < 1.29 is 28.3 Å². The van der Waals surface area contributed by atoms with Crippen molar-refractivity contribution in [1.82, 2.24) is 5.32 Å². The van der Waals surface area contributed by atoms with Gasteiger partial charge in [-0.1, -0.05) is 18.2 Å². The molecule has 0 bridgehead atoms. The summed E-state index contributed by atoms with van der Waals surface area (Å²) in [6, 6.07) is 7.82. The largest absolute Gasteiger partial charge is 0.478 e. The number of rotatable bonds is 7. The van der Waals surface area contributed by atoms with Crippen LogP contribution in [0, 0.1) is 11.6 Å². The van der Waals surface area contributed by atoms with Crippen LogP contribution in [0.2, 0.25) is 0 Å². The van der Waals surface area contributed by atoms with Crippen molar-refractivity contribution in [2.75, 3.05) is 0 Å². The highest BCUT2D eigenvalue weighted by Gasteiger charge is 2.21. The van der Waals surface area contributed by atoms with Crippen molar-refractivity contribution in [2.45, 2.75) is 18.9 Å². The van der Waals surface area contributed by atoms with Gasteiger partial charge in [-0.15, -0.1) is 0 Å². The zero-order valence-electron chi connectivity index (χ0n) is 13.5. The predicted octanol–water partition coefficient (Wildman–Crippen LogP) is 1.42. The first-order valence-electron chi connectivity index (χ1n) is 7.61. The molecule has 0 aliphatic heterocycles. The molecule has 0 fully saturated rings. The summed E-state index contributed by atoms with van der Waals surface area (Å²) in [5, 5.41) is 11.2. The van der Waals surface area contributed by atoms with Crippen LogP contribution in [-0.4, -0.2) is 28.9 Å². The molecule has 0 unspecified atom stereocenters. The normalized spacial score (nSPS) is 11.6. The summed E-state index contributed by atoms with van der Waals surface area (Å²) in [4.78, 5) is 34.4. The monoisotopic (exact) mass is 362 g/mol. The highest BCUT2D eigenvalue weighted by molar-refractivity contribution is 5.88. The van der Waals surface area contributed by atoms with E-state index in [9.17, 15) is 23.2 Å². The van der Waals surface area contributed by atoms with Gasteiger partial charge >= 0.3 is 5.97 Å². The Morgan fingerprint density at radius 1 is 1.04 bits per heavy atom. The molecule has 0 saturated carbocycles. The maximum absolute atomic E-state index is 13.6. The number of halogens is 2. The fourth-order valence-electron chi connectivity index (χ4n) is 2.35. The van der Waals surface area contributed by atoms with Gasteiger partial charge in [0.2, 0.25) is 11.8 Å². The first-order chi connectivity index (χ1) is 12.3. The summed E-state index contributed by atoms with van der Waals surface area (Å²) < 4.78 is 27.2. The van der Waals surface area contributed by atoms with Gasteiger partial charge in [0.25, 0.3) is 0 Å². The Morgan fingerprint density at radius 2 is 1.62 bits per heavy atom. The second-order valence-corrected chi connectivity index (χ2v) is 5.61. The number of benzene rings is 2. The minimum absolute atomic E-state index is 0.0146. The molecule has 2 rings (SSSR count). The zero-order chi connectivity index (χ0) is 19.3. The Kier molecular flexibility index (Phi) is 6.00. The third-order valence-electron chi connectivity index (χ3n) is 3.72. The molecule has 2 aromatic rings. The maximum atomic E-state index is 13.6. The van der Waals surface area contributed by atoms with E-state index in [2.05, 4.69) is 5.32 Å². The number of hydrogen-bond donors (Lipinski definition) is 3. The van der Waals surface area contributed by atoms with E-state index < -0.39 is 47.4 Å². The number of carbonyl (C=O) groups excluding carboxylic acids is 2. The fourth-order valence-corrected chi connectivity index (χ4v) is 2.35. The van der Waals surface area contributed by atoms with Gasteiger partial charge in [-0.05, 0) is 29.8 Å². The Balaban J connectivity index is 2.06. The number of primary amides is 1. The number of carboxylic acids is 1. The van der Waals surface area contributed by atoms with Crippen LogP contribution in [0.1, 0.15) is 21.5 Å². The lowest BCUT2D eigenvalue weighted by Crippen LogP contribution is -2.46. The summed E-state index contributed by atoms with van der Waals surface area (Å²) in [5.74, 6) is -4.40. The topological polar surface area (TPSA) is 109 Å². The first kappa shape index (κ1) is 19.0. The van der Waals surface area contributed by atoms with Crippen molar-refractivity contribution in [3.63, 3.8) is 0 Å². The van der Waals surface area contributed by atoms with E-state index in [1.165, 1.54) is 30.3 Å². The molecule has 0 aliphatic carbocycles. The Bertz CT molecular complexity index is 817. The molecule has 0 saturated heterocycles. The van der Waals surface area contributed by atoms with Crippen LogP contribution in [-0.2, 0) is 22.4 Å². The number of carboxylic acid groups (broad SMARTS) is 1. The van der Waals surface area contributed by atoms with E-state index in [4.69, 9.17) is 10.8 Å². The Morgan fingerprint density at radius 3 is 2.12 bits per heavy atom. The van der Waals surface area contributed by atoms with Crippen LogP contribution in [0.15, 0.2) is 42.5 Å². The van der Waals surface area contributed by atoms with Gasteiger partial charge in [0, 0.05) is 12.0 Å². The number of nitrogens with two attached hydrogens (primary N) is 1. The van der Waals surface area contributed by atoms with Crippen molar-refractivity contribution in [3.8, 4) is 0 Å². The van der Waals surface area contributed by atoms with Crippen molar-refractivity contribution in [1.29, 1.82) is 0 Å². The molecule has 2 amide bonds. The highest BCUT2D eigenvalue weighted by atomic mass is 19.1. The first-order valence-corrected chi connectivity index (χ1v) is 7.61. The maximum Gasteiger partial charge on any atom is 0.335 e. The molecule has 2 aromatic carbocycles. The van der Waals surface area contributed by atoms with E-state index in [0.717, 1.165) is 12.1 Å². The van der Waals surface area contributed by atoms with Gasteiger partial charge in [0.15, 0.2) is 0 Å². The molecule has 4 N–H and O–H groups in total. The summed E-state index contributed by atoms with van der Waals surface area (Å²) in [5.41, 5.74) is 5.50. The lowest BCUT2D eigenvalue weighted by molar-refractivity contribution is -0.127. The lowest BCUT2D eigenvalue weighted by Gasteiger charge is -2.16. The number of amides is 2. The van der Waals surface area contributed by atoms with Crippen LogP contribution in [0.5, 0.6) is 0 Å². The minimum Gasteiger partial charge on any atom is -0.478 e. The number of carbonyl (C=O) groups is 3. The zero-order valence-corrected chi connectivity index (χ0v) is 13.5. The minimum atomic E-state index is -1.10. The van der Waals surface area contributed by atoms with Gasteiger partial charge in [0.1, 0.15) is 17.7 Å². The van der Waals surface area contributed by atoms with E-state index in [1.807, 2.05) is 0 Å². The predicted molar refractivity (Wildman–Crippen MR) is 88.3 cm³/mol. The van der Waals surface area contributed by atoms with Crippen molar-refractivity contribution in [3.05, 3.63) is 70.8 Å². The van der Waals surface area contributed by atoms with E-state index in [0.29, 0.717) is 5.56 Å². The second-order valence-electron chi connectivity index (χ2n) is 5.61. The standard InChI is InChI=1S/C18H16F2N2O4/c19-13-2-1-3-14(20)12(13)9-16(23)22-15(17(21)24)8-10-4-6-11(7-5-10)18(25)26/h1-7,15H,8-9H2,(H2,21,24)(H,22,23)(H,25,26)/t15-/m0/s1. The summed E-state index contributed by atoms with van der Waals surface area (Å²) in [6.07, 6.45) is -0.568. The molecule has 0 radical (unpaired) electrons. The van der Waals surface area contributed by atoms with Crippen LogP contribution >= 0.6 is 0 Å². The van der Waals surface area contributed by atoms with Gasteiger partial charge in [-0.2, -0.15) is 0 Å². The smallest absolute Gasteiger partial charge is 0.335 e. The summed E-state index contributed by atoms with van der Waals surface area (Å²) in [6.45, 7) is 0. The van der Waals surface area contributed by atoms with Gasteiger partial charge in [-0.3, -0.25) is 9.59 Å². The number of nitrogens with one attached hydrogen (secondary N) is 1. The van der Waals surface area contributed by atoms with Crippen LogP contribution < -0.4 is 11.1 Å². The molecule has 26 heavy (non-hydrogen) atoms. The molecule has 6 nitrogen and oxygen atoms in total. The van der Waals surface area contributed by atoms with Gasteiger partial charge in [0.05, 0.1) is 12.0 Å². The SMILES string of the molecule is NC(=O)[C@H](Cc1ccc(C(=O)O)cc1)NC(=O)Cc1c(F)cccc1F. The van der Waals surface area contributed by atoms with Crippen molar-refractivity contribution >= 4 is 17.8 Å².